The SMILES string of the molecule is CCn1c(N(Cc2ccc(C(=O)Nc3nn[nH]n3)cc2)C2CCC(C(C)(C)C)CC2)nc2cc(F)c(F)cc21. The summed E-state index contributed by atoms with van der Waals surface area (Å²) in [5.41, 5.74) is 2.73. The van der Waals surface area contributed by atoms with Crippen molar-refractivity contribution in [1.82, 2.24) is 30.2 Å². The van der Waals surface area contributed by atoms with Crippen molar-refractivity contribution in [2.24, 2.45) is 11.3 Å². The minimum Gasteiger partial charge on any atom is -0.335 e. The highest BCUT2D eigenvalue weighted by atomic mass is 19.2. The summed E-state index contributed by atoms with van der Waals surface area (Å²) in [5, 5.41) is 15.8. The highest BCUT2D eigenvalue weighted by Gasteiger charge is 2.34. The van der Waals surface area contributed by atoms with E-state index in [1.807, 2.05) is 23.6 Å². The van der Waals surface area contributed by atoms with Crippen molar-refractivity contribution >= 4 is 28.8 Å². The zero-order valence-corrected chi connectivity index (χ0v) is 22.7. The number of amides is 1. The molecule has 1 amide bonds. The van der Waals surface area contributed by atoms with Gasteiger partial charge in [-0.1, -0.05) is 38.0 Å². The Kier molecular flexibility index (Phi) is 7.33. The van der Waals surface area contributed by atoms with Gasteiger partial charge in [0.2, 0.25) is 5.95 Å². The number of H-pyrrole nitrogens is 1. The van der Waals surface area contributed by atoms with E-state index < -0.39 is 11.6 Å². The lowest BCUT2D eigenvalue weighted by molar-refractivity contribution is 0.102. The average Bonchev–Trinajstić information content (AvgIpc) is 3.55. The summed E-state index contributed by atoms with van der Waals surface area (Å²) in [5.74, 6) is -0.668. The molecular weight excluding hydrogens is 502 g/mol. The first-order chi connectivity index (χ1) is 18.6. The Morgan fingerprint density at radius 2 is 1.79 bits per heavy atom. The van der Waals surface area contributed by atoms with Crippen molar-refractivity contribution in [3.05, 3.63) is 59.2 Å². The molecule has 0 unspecified atom stereocenters. The van der Waals surface area contributed by atoms with Crippen LogP contribution in [-0.2, 0) is 13.1 Å². The van der Waals surface area contributed by atoms with Gasteiger partial charge in [-0.3, -0.25) is 10.1 Å². The summed E-state index contributed by atoms with van der Waals surface area (Å²) in [7, 11) is 0. The van der Waals surface area contributed by atoms with Crippen LogP contribution in [0.1, 0.15) is 69.3 Å². The van der Waals surface area contributed by atoms with Gasteiger partial charge in [-0.05, 0) is 66.8 Å². The first-order valence-corrected chi connectivity index (χ1v) is 13.4. The molecule has 2 aromatic heterocycles. The fourth-order valence-electron chi connectivity index (χ4n) is 5.60. The van der Waals surface area contributed by atoms with Gasteiger partial charge >= 0.3 is 0 Å². The van der Waals surface area contributed by atoms with Crippen LogP contribution in [0.15, 0.2) is 36.4 Å². The molecule has 1 fully saturated rings. The molecule has 0 bridgehead atoms. The van der Waals surface area contributed by atoms with Crippen LogP contribution in [0.2, 0.25) is 0 Å². The Hall–Kier alpha value is -3.89. The number of carbonyl (C=O) groups excluding carboxylic acids is 1. The number of rotatable bonds is 7. The molecule has 0 spiro atoms. The largest absolute Gasteiger partial charge is 0.335 e. The summed E-state index contributed by atoms with van der Waals surface area (Å²) in [6.45, 7) is 9.99. The normalized spacial score (nSPS) is 17.9. The van der Waals surface area contributed by atoms with E-state index in [1.54, 1.807) is 12.1 Å². The van der Waals surface area contributed by atoms with Crippen molar-refractivity contribution in [2.75, 3.05) is 10.2 Å². The molecule has 2 heterocycles. The van der Waals surface area contributed by atoms with Crippen molar-refractivity contribution in [1.29, 1.82) is 0 Å². The molecule has 2 aromatic carbocycles. The van der Waals surface area contributed by atoms with E-state index in [2.05, 4.69) is 51.6 Å². The van der Waals surface area contributed by atoms with E-state index in [4.69, 9.17) is 4.98 Å². The fourth-order valence-corrected chi connectivity index (χ4v) is 5.60. The minimum absolute atomic E-state index is 0.104. The van der Waals surface area contributed by atoms with Gasteiger partial charge in [0.15, 0.2) is 11.6 Å². The lowest BCUT2D eigenvalue weighted by Gasteiger charge is -2.41. The molecule has 4 aromatic rings. The van der Waals surface area contributed by atoms with Gasteiger partial charge in [-0.15, -0.1) is 5.10 Å². The Bertz CT molecular complexity index is 1440. The third kappa shape index (κ3) is 5.62. The topological polar surface area (TPSA) is 105 Å². The highest BCUT2D eigenvalue weighted by molar-refractivity contribution is 6.03. The van der Waals surface area contributed by atoms with Crippen LogP contribution >= 0.6 is 0 Å². The molecule has 1 aliphatic carbocycles. The molecule has 0 atom stereocenters. The summed E-state index contributed by atoms with van der Waals surface area (Å²) < 4.78 is 30.2. The number of hydrogen-bond acceptors (Lipinski definition) is 6. The molecule has 0 saturated heterocycles. The van der Waals surface area contributed by atoms with E-state index in [9.17, 15) is 13.6 Å². The maximum atomic E-state index is 14.2. The van der Waals surface area contributed by atoms with Crippen molar-refractivity contribution < 1.29 is 13.6 Å². The number of aryl methyl sites for hydroxylation is 1. The summed E-state index contributed by atoms with van der Waals surface area (Å²) in [4.78, 5) is 19.6. The maximum Gasteiger partial charge on any atom is 0.270 e. The predicted molar refractivity (Wildman–Crippen MR) is 145 cm³/mol. The van der Waals surface area contributed by atoms with Crippen LogP contribution in [0.3, 0.4) is 0 Å². The Balaban J connectivity index is 1.45. The average molecular weight is 537 g/mol. The molecule has 0 aliphatic heterocycles. The second-order valence-corrected chi connectivity index (χ2v) is 11.3. The van der Waals surface area contributed by atoms with Crippen LogP contribution in [0.5, 0.6) is 0 Å². The van der Waals surface area contributed by atoms with Crippen molar-refractivity contribution in [3.63, 3.8) is 0 Å². The maximum absolute atomic E-state index is 14.2. The molecule has 1 saturated carbocycles. The van der Waals surface area contributed by atoms with Crippen molar-refractivity contribution in [3.8, 4) is 0 Å². The van der Waals surface area contributed by atoms with Gasteiger partial charge in [0, 0.05) is 36.8 Å². The number of aromatic amines is 1. The van der Waals surface area contributed by atoms with Gasteiger partial charge in [0.05, 0.1) is 11.0 Å². The lowest BCUT2D eigenvalue weighted by atomic mass is 9.71. The number of hydrogen-bond donors (Lipinski definition) is 2. The molecule has 2 N–H and O–H groups in total. The molecule has 9 nitrogen and oxygen atoms in total. The highest BCUT2D eigenvalue weighted by Crippen LogP contribution is 2.40. The van der Waals surface area contributed by atoms with E-state index >= 15 is 0 Å². The van der Waals surface area contributed by atoms with Crippen LogP contribution in [0, 0.1) is 23.0 Å². The Morgan fingerprint density at radius 1 is 1.10 bits per heavy atom. The number of aromatic nitrogens is 6. The number of tetrazole rings is 1. The van der Waals surface area contributed by atoms with E-state index in [-0.39, 0.29) is 23.3 Å². The molecule has 1 aliphatic rings. The molecule has 5 rings (SSSR count). The molecule has 206 valence electrons. The second-order valence-electron chi connectivity index (χ2n) is 11.3. The first kappa shape index (κ1) is 26.7. The standard InChI is InChI=1S/C28H34F2N8O/c1-5-37-24-15-22(30)21(29)14-23(24)31-27(37)38(20-12-10-19(11-13-20)28(2,3)4)16-17-6-8-18(9-7-17)25(39)32-26-33-35-36-34-26/h6-9,14-15,19-20H,5,10-13,16H2,1-4H3,(H2,32,33,34,35,36,39). The number of anilines is 2. The van der Waals surface area contributed by atoms with E-state index in [0.29, 0.717) is 41.6 Å². The third-order valence-electron chi connectivity index (χ3n) is 7.85. The number of fused-ring (bicyclic) bond motifs is 1. The van der Waals surface area contributed by atoms with Crippen LogP contribution in [0.4, 0.5) is 20.7 Å². The van der Waals surface area contributed by atoms with Gasteiger partial charge in [-0.25, -0.2) is 13.8 Å². The smallest absolute Gasteiger partial charge is 0.270 e. The third-order valence-corrected chi connectivity index (χ3v) is 7.85. The van der Waals surface area contributed by atoms with Gasteiger partial charge in [0.1, 0.15) is 0 Å². The zero-order chi connectivity index (χ0) is 27.7. The number of halogens is 2. The van der Waals surface area contributed by atoms with E-state index in [1.165, 1.54) is 12.1 Å². The predicted octanol–water partition coefficient (Wildman–Crippen LogP) is 5.71. The number of carbonyl (C=O) groups is 1. The number of nitrogens with one attached hydrogen (secondary N) is 2. The Morgan fingerprint density at radius 3 is 2.41 bits per heavy atom. The minimum atomic E-state index is -0.901. The summed E-state index contributed by atoms with van der Waals surface area (Å²) >= 11 is 0. The van der Waals surface area contributed by atoms with Crippen LogP contribution in [0.25, 0.3) is 11.0 Å². The first-order valence-electron chi connectivity index (χ1n) is 13.4. The molecule has 0 radical (unpaired) electrons. The summed E-state index contributed by atoms with van der Waals surface area (Å²) in [6.07, 6.45) is 4.22. The monoisotopic (exact) mass is 536 g/mol. The zero-order valence-electron chi connectivity index (χ0n) is 22.7. The van der Waals surface area contributed by atoms with E-state index in [0.717, 1.165) is 31.2 Å². The Labute approximate surface area is 226 Å². The molecule has 11 heteroatoms. The fraction of sp³-hybridized carbons (Fsp3) is 0.464. The van der Waals surface area contributed by atoms with Crippen molar-refractivity contribution in [2.45, 2.75) is 72.5 Å². The number of nitrogens with zero attached hydrogens (tertiary/aromatic N) is 6. The number of benzene rings is 2. The second kappa shape index (κ2) is 10.7. The molecule has 39 heavy (non-hydrogen) atoms. The lowest BCUT2D eigenvalue weighted by Crippen LogP contribution is -2.41. The van der Waals surface area contributed by atoms with Crippen LogP contribution < -0.4 is 10.2 Å². The quantitative estimate of drug-likeness (QED) is 0.313. The summed E-state index contributed by atoms with van der Waals surface area (Å²) in [6, 6.07) is 9.97. The van der Waals surface area contributed by atoms with Gasteiger partial charge in [0.25, 0.3) is 11.9 Å². The van der Waals surface area contributed by atoms with Crippen LogP contribution in [-0.4, -0.2) is 42.1 Å². The van der Waals surface area contributed by atoms with Gasteiger partial charge in [-0.2, -0.15) is 5.21 Å². The van der Waals surface area contributed by atoms with Gasteiger partial charge < -0.3 is 9.47 Å². The molecular formula is C28H34F2N8O. The number of imidazole rings is 1.